The van der Waals surface area contributed by atoms with Crippen molar-refractivity contribution in [3.05, 3.63) is 17.6 Å². The van der Waals surface area contributed by atoms with Gasteiger partial charge in [-0.25, -0.2) is 9.97 Å². The topological polar surface area (TPSA) is 76.1 Å². The first-order valence-electron chi connectivity index (χ1n) is 7.05. The summed E-state index contributed by atoms with van der Waals surface area (Å²) < 4.78 is 5.68. The van der Waals surface area contributed by atoms with Crippen molar-refractivity contribution >= 4 is 11.7 Å². The molecule has 2 atom stereocenters. The molecule has 0 spiro atoms. The Morgan fingerprint density at radius 2 is 2.20 bits per heavy atom. The number of carbonyl (C=O) groups is 1. The summed E-state index contributed by atoms with van der Waals surface area (Å²) >= 11 is 0. The molecule has 1 aromatic heterocycles. The zero-order valence-corrected chi connectivity index (χ0v) is 12.3. The van der Waals surface area contributed by atoms with Crippen LogP contribution in [0.4, 0.5) is 5.82 Å². The van der Waals surface area contributed by atoms with Gasteiger partial charge in [-0.2, -0.15) is 0 Å². The van der Waals surface area contributed by atoms with Gasteiger partial charge in [-0.05, 0) is 40.0 Å². The fourth-order valence-electron chi connectivity index (χ4n) is 2.37. The Labute approximate surface area is 119 Å². The van der Waals surface area contributed by atoms with E-state index in [4.69, 9.17) is 4.74 Å². The van der Waals surface area contributed by atoms with Gasteiger partial charge in [0.1, 0.15) is 11.6 Å². The number of ether oxygens (including phenoxy) is 1. The van der Waals surface area contributed by atoms with Crippen molar-refractivity contribution in [3.63, 3.8) is 0 Å². The lowest BCUT2D eigenvalue weighted by molar-refractivity contribution is -0.121. The third-order valence-electron chi connectivity index (χ3n) is 3.31. The van der Waals surface area contributed by atoms with Gasteiger partial charge >= 0.3 is 0 Å². The van der Waals surface area contributed by atoms with Crippen LogP contribution in [0.25, 0.3) is 0 Å². The van der Waals surface area contributed by atoms with Gasteiger partial charge in [-0.15, -0.1) is 0 Å². The zero-order chi connectivity index (χ0) is 14.5. The minimum absolute atomic E-state index is 0.0536. The van der Waals surface area contributed by atoms with Crippen molar-refractivity contribution in [3.8, 4) is 0 Å². The van der Waals surface area contributed by atoms with E-state index in [1.807, 2.05) is 13.8 Å². The third kappa shape index (κ3) is 4.45. The van der Waals surface area contributed by atoms with Crippen molar-refractivity contribution in [2.24, 2.45) is 0 Å². The van der Waals surface area contributed by atoms with Gasteiger partial charge in [-0.3, -0.25) is 15.6 Å². The number of nitrogens with zero attached hydrogens (tertiary/aromatic N) is 2. The summed E-state index contributed by atoms with van der Waals surface area (Å²) in [6.07, 6.45) is 3.90. The highest BCUT2D eigenvalue weighted by Gasteiger charge is 2.22. The van der Waals surface area contributed by atoms with Crippen LogP contribution in [-0.2, 0) is 9.53 Å². The van der Waals surface area contributed by atoms with Gasteiger partial charge < -0.3 is 4.74 Å². The Bertz CT molecular complexity index is 458. The Morgan fingerprint density at radius 3 is 2.85 bits per heavy atom. The number of amides is 1. The first-order valence-corrected chi connectivity index (χ1v) is 7.05. The van der Waals surface area contributed by atoms with E-state index in [9.17, 15) is 4.79 Å². The molecule has 0 radical (unpaired) electrons. The number of hydrogen-bond acceptors (Lipinski definition) is 5. The van der Waals surface area contributed by atoms with Crippen molar-refractivity contribution < 1.29 is 9.53 Å². The second kappa shape index (κ2) is 6.65. The van der Waals surface area contributed by atoms with Crippen LogP contribution in [0.5, 0.6) is 0 Å². The summed E-state index contributed by atoms with van der Waals surface area (Å²) in [7, 11) is 0. The van der Waals surface area contributed by atoms with Crippen LogP contribution in [0.15, 0.2) is 6.07 Å². The lowest BCUT2D eigenvalue weighted by Crippen LogP contribution is -2.30. The van der Waals surface area contributed by atoms with Crippen LogP contribution >= 0.6 is 0 Å². The minimum Gasteiger partial charge on any atom is -0.375 e. The number of hydrazine groups is 1. The predicted molar refractivity (Wildman–Crippen MR) is 76.1 cm³/mol. The monoisotopic (exact) mass is 278 g/mol. The zero-order valence-electron chi connectivity index (χ0n) is 12.3. The molecule has 1 saturated heterocycles. The first kappa shape index (κ1) is 14.7. The van der Waals surface area contributed by atoms with Crippen LogP contribution in [0.2, 0.25) is 0 Å². The second-order valence-electron chi connectivity index (χ2n) is 5.30. The molecule has 1 aliphatic rings. The molecule has 6 heteroatoms. The van der Waals surface area contributed by atoms with Crippen molar-refractivity contribution in [1.29, 1.82) is 0 Å². The van der Waals surface area contributed by atoms with E-state index in [1.54, 1.807) is 6.07 Å². The van der Waals surface area contributed by atoms with E-state index in [0.717, 1.165) is 25.0 Å². The fraction of sp³-hybridized carbons (Fsp3) is 0.643. The third-order valence-corrected chi connectivity index (χ3v) is 3.31. The number of aromatic nitrogens is 2. The van der Waals surface area contributed by atoms with Crippen LogP contribution in [0, 0.1) is 13.8 Å². The normalized spacial score (nSPS) is 21.8. The largest absolute Gasteiger partial charge is 0.375 e. The van der Waals surface area contributed by atoms with Gasteiger partial charge in [0.05, 0.1) is 12.2 Å². The Kier molecular flexibility index (Phi) is 4.89. The second-order valence-corrected chi connectivity index (χ2v) is 5.30. The summed E-state index contributed by atoms with van der Waals surface area (Å²) in [6, 6.07) is 1.79. The molecular weight excluding hydrogens is 256 g/mol. The average molecular weight is 278 g/mol. The summed E-state index contributed by atoms with van der Waals surface area (Å²) in [4.78, 5) is 20.1. The maximum Gasteiger partial charge on any atom is 0.238 e. The van der Waals surface area contributed by atoms with E-state index in [-0.39, 0.29) is 12.0 Å². The number of carbonyl (C=O) groups excluding carboxylic acids is 1. The Hall–Kier alpha value is -1.69. The standard InChI is InChI=1S/C14H22N4O2/c1-9-8-13(16-11(3)15-9)17-18-14(19)7-6-12-5-4-10(2)20-12/h8,10,12H,4-7H2,1-3H3,(H,18,19)(H,15,16,17)/t10-,12+/m0/s1. The lowest BCUT2D eigenvalue weighted by atomic mass is 10.1. The summed E-state index contributed by atoms with van der Waals surface area (Å²) in [5.74, 6) is 1.23. The molecule has 0 bridgehead atoms. The molecule has 2 heterocycles. The highest BCUT2D eigenvalue weighted by atomic mass is 16.5. The fourth-order valence-corrected chi connectivity index (χ4v) is 2.37. The molecule has 20 heavy (non-hydrogen) atoms. The van der Waals surface area contributed by atoms with E-state index in [2.05, 4.69) is 27.7 Å². The van der Waals surface area contributed by atoms with Gasteiger partial charge in [0.15, 0.2) is 0 Å². The lowest BCUT2D eigenvalue weighted by Gasteiger charge is -2.12. The SMILES string of the molecule is Cc1cc(NNC(=O)CC[C@H]2CC[C@H](C)O2)nc(C)n1. The summed E-state index contributed by atoms with van der Waals surface area (Å²) in [6.45, 7) is 5.78. The molecule has 0 saturated carbocycles. The molecule has 1 fully saturated rings. The number of rotatable bonds is 5. The van der Waals surface area contributed by atoms with Crippen molar-refractivity contribution in [1.82, 2.24) is 15.4 Å². The number of anilines is 1. The molecular formula is C14H22N4O2. The molecule has 2 N–H and O–H groups in total. The van der Waals surface area contributed by atoms with Gasteiger partial charge in [0, 0.05) is 18.2 Å². The minimum atomic E-state index is -0.0536. The first-order chi connectivity index (χ1) is 9.52. The molecule has 6 nitrogen and oxygen atoms in total. The van der Waals surface area contributed by atoms with Crippen LogP contribution < -0.4 is 10.9 Å². The Balaban J connectivity index is 1.72. The molecule has 1 amide bonds. The quantitative estimate of drug-likeness (QED) is 0.804. The van der Waals surface area contributed by atoms with E-state index >= 15 is 0 Å². The summed E-state index contributed by atoms with van der Waals surface area (Å²) in [5.41, 5.74) is 6.34. The van der Waals surface area contributed by atoms with Crippen molar-refractivity contribution in [2.75, 3.05) is 5.43 Å². The molecule has 2 rings (SSSR count). The van der Waals surface area contributed by atoms with Gasteiger partial charge in [-0.1, -0.05) is 0 Å². The van der Waals surface area contributed by atoms with Gasteiger partial charge in [0.25, 0.3) is 0 Å². The number of nitrogens with one attached hydrogen (secondary N) is 2. The molecule has 0 aromatic carbocycles. The highest BCUT2D eigenvalue weighted by molar-refractivity contribution is 5.77. The highest BCUT2D eigenvalue weighted by Crippen LogP contribution is 2.22. The smallest absolute Gasteiger partial charge is 0.238 e. The van der Waals surface area contributed by atoms with E-state index in [0.29, 0.717) is 24.2 Å². The van der Waals surface area contributed by atoms with Gasteiger partial charge in [0.2, 0.25) is 5.91 Å². The number of aryl methyl sites for hydroxylation is 2. The maximum absolute atomic E-state index is 11.8. The molecule has 0 aliphatic carbocycles. The van der Waals surface area contributed by atoms with E-state index in [1.165, 1.54) is 0 Å². The number of hydrogen-bond donors (Lipinski definition) is 2. The molecule has 0 unspecified atom stereocenters. The molecule has 1 aliphatic heterocycles. The summed E-state index contributed by atoms with van der Waals surface area (Å²) in [5, 5.41) is 0. The maximum atomic E-state index is 11.8. The molecule has 1 aromatic rings. The van der Waals surface area contributed by atoms with Crippen LogP contribution in [-0.4, -0.2) is 28.1 Å². The van der Waals surface area contributed by atoms with Crippen LogP contribution in [0.3, 0.4) is 0 Å². The average Bonchev–Trinajstić information content (AvgIpc) is 2.79. The van der Waals surface area contributed by atoms with Crippen LogP contribution in [0.1, 0.15) is 44.1 Å². The Morgan fingerprint density at radius 1 is 1.40 bits per heavy atom. The van der Waals surface area contributed by atoms with E-state index < -0.39 is 0 Å². The molecule has 110 valence electrons. The van der Waals surface area contributed by atoms with Crippen molar-refractivity contribution in [2.45, 2.75) is 58.7 Å². The predicted octanol–water partition coefficient (Wildman–Crippen LogP) is 1.88.